The van der Waals surface area contributed by atoms with E-state index in [9.17, 15) is 9.59 Å². The predicted molar refractivity (Wildman–Crippen MR) is 62.9 cm³/mol. The SMILES string of the molecule is COCCOCC(=O)N1C(C)SCC1C(=O)O. The Bertz CT molecular complexity index is 286. The van der Waals surface area contributed by atoms with Crippen molar-refractivity contribution in [2.75, 3.05) is 32.7 Å². The standard InChI is InChI=1S/C10H17NO5S/c1-7-11(8(6-17-7)10(13)14)9(12)5-16-4-3-15-2/h7-8H,3-6H2,1-2H3,(H,13,14). The Morgan fingerprint density at radius 2 is 2.18 bits per heavy atom. The lowest BCUT2D eigenvalue weighted by Crippen LogP contribution is -2.46. The number of methoxy groups -OCH3 is 1. The summed E-state index contributed by atoms with van der Waals surface area (Å²) in [5.74, 6) is -0.821. The number of hydrogen-bond donors (Lipinski definition) is 1. The van der Waals surface area contributed by atoms with Crippen molar-refractivity contribution >= 4 is 23.6 Å². The monoisotopic (exact) mass is 263 g/mol. The van der Waals surface area contributed by atoms with E-state index < -0.39 is 12.0 Å². The number of ether oxygens (including phenoxy) is 2. The lowest BCUT2D eigenvalue weighted by Gasteiger charge is -2.24. The van der Waals surface area contributed by atoms with Crippen molar-refractivity contribution in [3.8, 4) is 0 Å². The van der Waals surface area contributed by atoms with Crippen molar-refractivity contribution in [3.63, 3.8) is 0 Å². The van der Waals surface area contributed by atoms with Crippen molar-refractivity contribution in [3.05, 3.63) is 0 Å². The van der Waals surface area contributed by atoms with Crippen LogP contribution in [0.5, 0.6) is 0 Å². The molecule has 2 unspecified atom stereocenters. The number of carboxylic acids is 1. The van der Waals surface area contributed by atoms with E-state index >= 15 is 0 Å². The van der Waals surface area contributed by atoms with E-state index in [2.05, 4.69) is 0 Å². The van der Waals surface area contributed by atoms with Gasteiger partial charge < -0.3 is 19.5 Å². The highest BCUT2D eigenvalue weighted by Gasteiger charge is 2.39. The molecule has 0 radical (unpaired) electrons. The Labute approximate surface area is 104 Å². The second-order valence-electron chi connectivity index (χ2n) is 3.63. The minimum absolute atomic E-state index is 0.0992. The summed E-state index contributed by atoms with van der Waals surface area (Å²) in [5, 5.41) is 8.88. The number of nitrogens with zero attached hydrogens (tertiary/aromatic N) is 1. The molecule has 17 heavy (non-hydrogen) atoms. The van der Waals surface area contributed by atoms with E-state index in [1.54, 1.807) is 7.11 Å². The van der Waals surface area contributed by atoms with Crippen LogP contribution >= 0.6 is 11.8 Å². The molecule has 0 saturated carbocycles. The highest BCUT2D eigenvalue weighted by atomic mass is 32.2. The van der Waals surface area contributed by atoms with Gasteiger partial charge in [0, 0.05) is 12.9 Å². The molecular formula is C10H17NO5S. The molecule has 1 aliphatic rings. The van der Waals surface area contributed by atoms with Gasteiger partial charge in [0.05, 0.1) is 18.6 Å². The number of amides is 1. The fraction of sp³-hybridized carbons (Fsp3) is 0.800. The van der Waals surface area contributed by atoms with E-state index in [1.165, 1.54) is 16.7 Å². The lowest BCUT2D eigenvalue weighted by atomic mass is 10.3. The molecule has 6 nitrogen and oxygen atoms in total. The van der Waals surface area contributed by atoms with Gasteiger partial charge in [-0.1, -0.05) is 0 Å². The van der Waals surface area contributed by atoms with Gasteiger partial charge in [0.15, 0.2) is 0 Å². The maximum absolute atomic E-state index is 11.8. The van der Waals surface area contributed by atoms with Crippen molar-refractivity contribution in [1.29, 1.82) is 0 Å². The quantitative estimate of drug-likeness (QED) is 0.681. The molecule has 7 heteroatoms. The Morgan fingerprint density at radius 3 is 2.76 bits per heavy atom. The summed E-state index contributed by atoms with van der Waals surface area (Å²) >= 11 is 1.46. The molecule has 0 aliphatic carbocycles. The smallest absolute Gasteiger partial charge is 0.327 e. The average Bonchev–Trinajstić information content (AvgIpc) is 2.66. The Hall–Kier alpha value is -0.790. The molecule has 0 bridgehead atoms. The number of rotatable bonds is 6. The van der Waals surface area contributed by atoms with Gasteiger partial charge in [0.2, 0.25) is 5.91 Å². The number of carbonyl (C=O) groups excluding carboxylic acids is 1. The lowest BCUT2D eigenvalue weighted by molar-refractivity contribution is -0.151. The van der Waals surface area contributed by atoms with Gasteiger partial charge in [-0.15, -0.1) is 11.8 Å². The molecule has 1 N–H and O–H groups in total. The molecule has 0 aromatic carbocycles. The molecule has 0 spiro atoms. The van der Waals surface area contributed by atoms with Gasteiger partial charge in [0.25, 0.3) is 0 Å². The molecular weight excluding hydrogens is 246 g/mol. The van der Waals surface area contributed by atoms with Crippen LogP contribution in [0.1, 0.15) is 6.92 Å². The van der Waals surface area contributed by atoms with Crippen LogP contribution in [-0.2, 0) is 19.1 Å². The van der Waals surface area contributed by atoms with E-state index in [-0.39, 0.29) is 17.9 Å². The van der Waals surface area contributed by atoms with Crippen LogP contribution in [-0.4, -0.2) is 66.0 Å². The molecule has 0 aromatic heterocycles. The minimum Gasteiger partial charge on any atom is -0.480 e. The third-order valence-corrected chi connectivity index (χ3v) is 3.67. The summed E-state index contributed by atoms with van der Waals surface area (Å²) in [7, 11) is 1.55. The maximum Gasteiger partial charge on any atom is 0.327 e. The van der Waals surface area contributed by atoms with Crippen LogP contribution in [0.4, 0.5) is 0 Å². The van der Waals surface area contributed by atoms with Crippen LogP contribution in [0.3, 0.4) is 0 Å². The van der Waals surface area contributed by atoms with Crippen molar-refractivity contribution in [2.24, 2.45) is 0 Å². The molecule has 1 heterocycles. The summed E-state index contributed by atoms with van der Waals surface area (Å²) in [5.41, 5.74) is 0. The minimum atomic E-state index is -0.966. The summed E-state index contributed by atoms with van der Waals surface area (Å²) < 4.78 is 9.89. The van der Waals surface area contributed by atoms with E-state index in [0.29, 0.717) is 19.0 Å². The number of hydrogen-bond acceptors (Lipinski definition) is 5. The number of thioether (sulfide) groups is 1. The second kappa shape index (κ2) is 6.83. The zero-order valence-electron chi connectivity index (χ0n) is 9.92. The van der Waals surface area contributed by atoms with Crippen molar-refractivity contribution < 1.29 is 24.2 Å². The van der Waals surface area contributed by atoms with Crippen molar-refractivity contribution in [1.82, 2.24) is 4.90 Å². The fourth-order valence-electron chi connectivity index (χ4n) is 1.59. The first-order chi connectivity index (χ1) is 8.07. The first kappa shape index (κ1) is 14.3. The summed E-state index contributed by atoms with van der Waals surface area (Å²) in [4.78, 5) is 24.2. The molecule has 1 amide bonds. The largest absolute Gasteiger partial charge is 0.480 e. The molecule has 2 atom stereocenters. The average molecular weight is 263 g/mol. The van der Waals surface area contributed by atoms with Crippen molar-refractivity contribution in [2.45, 2.75) is 18.3 Å². The fourth-order valence-corrected chi connectivity index (χ4v) is 2.78. The molecule has 1 fully saturated rings. The van der Waals surface area contributed by atoms with Crippen LogP contribution < -0.4 is 0 Å². The second-order valence-corrected chi connectivity index (χ2v) is 4.98. The summed E-state index contributed by atoms with van der Waals surface area (Å²) in [6.07, 6.45) is 0. The highest BCUT2D eigenvalue weighted by molar-refractivity contribution is 8.00. The molecule has 1 rings (SSSR count). The first-order valence-corrected chi connectivity index (χ1v) is 6.35. The van der Waals surface area contributed by atoms with Crippen LogP contribution in [0, 0.1) is 0 Å². The topological polar surface area (TPSA) is 76.1 Å². The summed E-state index contributed by atoms with van der Waals surface area (Å²) in [6, 6.07) is -0.742. The van der Waals surface area contributed by atoms with Gasteiger partial charge >= 0.3 is 5.97 Å². The van der Waals surface area contributed by atoms with Gasteiger partial charge in [0.1, 0.15) is 12.6 Å². The Balaban J connectivity index is 2.45. The van der Waals surface area contributed by atoms with Gasteiger partial charge in [-0.05, 0) is 6.92 Å². The number of aliphatic carboxylic acids is 1. The zero-order chi connectivity index (χ0) is 12.8. The summed E-state index contributed by atoms with van der Waals surface area (Å²) in [6.45, 7) is 2.47. The van der Waals surface area contributed by atoms with E-state index in [1.807, 2.05) is 6.92 Å². The molecule has 1 aliphatic heterocycles. The molecule has 98 valence electrons. The third-order valence-electron chi connectivity index (χ3n) is 2.45. The van der Waals surface area contributed by atoms with Gasteiger partial charge in [-0.3, -0.25) is 4.79 Å². The van der Waals surface area contributed by atoms with E-state index in [0.717, 1.165) is 0 Å². The molecule has 1 saturated heterocycles. The van der Waals surface area contributed by atoms with Crippen LogP contribution in [0.15, 0.2) is 0 Å². The normalized spacial score (nSPS) is 24.0. The number of carbonyl (C=O) groups is 2. The van der Waals surface area contributed by atoms with E-state index in [4.69, 9.17) is 14.6 Å². The third kappa shape index (κ3) is 3.86. The van der Waals surface area contributed by atoms with Crippen LogP contribution in [0.2, 0.25) is 0 Å². The highest BCUT2D eigenvalue weighted by Crippen LogP contribution is 2.28. The zero-order valence-corrected chi connectivity index (χ0v) is 10.7. The maximum atomic E-state index is 11.8. The number of carboxylic acid groups (broad SMARTS) is 1. The Kier molecular flexibility index (Phi) is 5.73. The van der Waals surface area contributed by atoms with Crippen LogP contribution in [0.25, 0.3) is 0 Å². The predicted octanol–water partition coefficient (Wildman–Crippen LogP) is 0.0240. The Morgan fingerprint density at radius 1 is 1.47 bits per heavy atom. The molecule has 0 aromatic rings. The first-order valence-electron chi connectivity index (χ1n) is 5.30. The van der Waals surface area contributed by atoms with Gasteiger partial charge in [-0.25, -0.2) is 4.79 Å². The van der Waals surface area contributed by atoms with Gasteiger partial charge in [-0.2, -0.15) is 0 Å².